The quantitative estimate of drug-likeness (QED) is 0.259. The first-order valence-corrected chi connectivity index (χ1v) is 13.9. The summed E-state index contributed by atoms with van der Waals surface area (Å²) >= 11 is 0. The number of ether oxygens (including phenoxy) is 2. The molecule has 7 heteroatoms. The molecule has 40 heavy (non-hydrogen) atoms. The summed E-state index contributed by atoms with van der Waals surface area (Å²) in [5, 5.41) is 1.16. The summed E-state index contributed by atoms with van der Waals surface area (Å²) in [5.74, 6) is 0.782. The van der Waals surface area contributed by atoms with Gasteiger partial charge in [0.1, 0.15) is 5.75 Å². The number of aromatic amines is 1. The van der Waals surface area contributed by atoms with E-state index in [9.17, 15) is 9.59 Å². The number of carbonyl (C=O) groups excluding carboxylic acids is 2. The van der Waals surface area contributed by atoms with E-state index in [1.165, 1.54) is 5.56 Å². The van der Waals surface area contributed by atoms with E-state index in [4.69, 9.17) is 9.47 Å². The molecule has 0 bridgehead atoms. The van der Waals surface area contributed by atoms with E-state index >= 15 is 0 Å². The van der Waals surface area contributed by atoms with Crippen LogP contribution < -0.4 is 4.74 Å². The van der Waals surface area contributed by atoms with Crippen LogP contribution in [0.1, 0.15) is 29.0 Å². The van der Waals surface area contributed by atoms with Crippen molar-refractivity contribution in [3.8, 4) is 5.75 Å². The van der Waals surface area contributed by atoms with Crippen LogP contribution in [0, 0.1) is 5.92 Å². The van der Waals surface area contributed by atoms with Crippen LogP contribution in [0.2, 0.25) is 0 Å². The van der Waals surface area contributed by atoms with Crippen LogP contribution in [0.15, 0.2) is 85.1 Å². The lowest BCUT2D eigenvalue weighted by atomic mass is 10.1. The first-order valence-electron chi connectivity index (χ1n) is 13.9. The van der Waals surface area contributed by atoms with Gasteiger partial charge in [-0.2, -0.15) is 0 Å². The second-order valence-corrected chi connectivity index (χ2v) is 10.3. The SMILES string of the molecule is COCCN(CC(=O)N(CCc1c[nH]c2ccccc12)Cc1ccccc1OC)C(=O)C1C[C@H]1c1ccccc1. The molecule has 4 aromatic rings. The van der Waals surface area contributed by atoms with Crippen LogP contribution in [0.3, 0.4) is 0 Å². The van der Waals surface area contributed by atoms with Gasteiger partial charge < -0.3 is 24.3 Å². The molecule has 3 aromatic carbocycles. The molecule has 0 radical (unpaired) electrons. The molecule has 7 nitrogen and oxygen atoms in total. The number of fused-ring (bicyclic) bond motifs is 1. The van der Waals surface area contributed by atoms with Crippen LogP contribution in [0.25, 0.3) is 10.9 Å². The zero-order valence-electron chi connectivity index (χ0n) is 23.2. The van der Waals surface area contributed by atoms with E-state index in [1.807, 2.05) is 65.7 Å². The number of benzene rings is 3. The Morgan fingerprint density at radius 3 is 2.42 bits per heavy atom. The second kappa shape index (κ2) is 12.8. The highest BCUT2D eigenvalue weighted by Gasteiger charge is 2.46. The fourth-order valence-electron chi connectivity index (χ4n) is 5.43. The van der Waals surface area contributed by atoms with Gasteiger partial charge in [-0.25, -0.2) is 0 Å². The Bertz CT molecular complexity index is 1430. The highest BCUT2D eigenvalue weighted by Crippen LogP contribution is 2.48. The van der Waals surface area contributed by atoms with E-state index in [1.54, 1.807) is 19.1 Å². The highest BCUT2D eigenvalue weighted by molar-refractivity contribution is 5.88. The number of amides is 2. The number of hydrogen-bond acceptors (Lipinski definition) is 4. The van der Waals surface area contributed by atoms with Gasteiger partial charge in [-0.05, 0) is 42.0 Å². The van der Waals surface area contributed by atoms with Gasteiger partial charge in [0, 0.05) is 55.3 Å². The number of para-hydroxylation sites is 2. The highest BCUT2D eigenvalue weighted by atomic mass is 16.5. The molecule has 1 aliphatic carbocycles. The smallest absolute Gasteiger partial charge is 0.242 e. The lowest BCUT2D eigenvalue weighted by molar-refractivity contribution is -0.142. The third-order valence-corrected chi connectivity index (χ3v) is 7.77. The van der Waals surface area contributed by atoms with Crippen molar-refractivity contribution < 1.29 is 19.1 Å². The second-order valence-electron chi connectivity index (χ2n) is 10.3. The normalized spacial score (nSPS) is 16.1. The van der Waals surface area contributed by atoms with Gasteiger partial charge in [0.25, 0.3) is 0 Å². The molecule has 1 saturated carbocycles. The van der Waals surface area contributed by atoms with Crippen molar-refractivity contribution in [2.24, 2.45) is 5.92 Å². The van der Waals surface area contributed by atoms with E-state index in [2.05, 4.69) is 29.2 Å². The molecule has 2 amide bonds. The van der Waals surface area contributed by atoms with Gasteiger partial charge in [-0.1, -0.05) is 66.7 Å². The van der Waals surface area contributed by atoms with Crippen molar-refractivity contribution in [1.29, 1.82) is 0 Å². The molecular weight excluding hydrogens is 502 g/mol. The number of aromatic nitrogens is 1. The Morgan fingerprint density at radius 2 is 1.62 bits per heavy atom. The fraction of sp³-hybridized carbons (Fsp3) is 0.333. The maximum Gasteiger partial charge on any atom is 0.242 e. The van der Waals surface area contributed by atoms with Gasteiger partial charge in [-0.15, -0.1) is 0 Å². The third kappa shape index (κ3) is 6.37. The molecule has 1 heterocycles. The minimum Gasteiger partial charge on any atom is -0.496 e. The number of hydrogen-bond donors (Lipinski definition) is 1. The first-order chi connectivity index (χ1) is 19.6. The summed E-state index contributed by atoms with van der Waals surface area (Å²) in [4.78, 5) is 34.3. The van der Waals surface area contributed by atoms with Crippen molar-refractivity contribution >= 4 is 22.7 Å². The molecule has 208 valence electrons. The van der Waals surface area contributed by atoms with Crippen molar-refractivity contribution in [3.63, 3.8) is 0 Å². The van der Waals surface area contributed by atoms with Crippen molar-refractivity contribution in [3.05, 3.63) is 102 Å². The van der Waals surface area contributed by atoms with Crippen molar-refractivity contribution in [1.82, 2.24) is 14.8 Å². The minimum atomic E-state index is -0.0963. The van der Waals surface area contributed by atoms with Crippen LogP contribution >= 0.6 is 0 Å². The molecule has 5 rings (SSSR count). The number of rotatable bonds is 13. The van der Waals surface area contributed by atoms with Crippen LogP contribution in [-0.4, -0.2) is 67.1 Å². The lowest BCUT2D eigenvalue weighted by Gasteiger charge is -2.28. The number of H-pyrrole nitrogens is 1. The van der Waals surface area contributed by atoms with E-state index in [-0.39, 0.29) is 30.2 Å². The summed E-state index contributed by atoms with van der Waals surface area (Å²) < 4.78 is 10.9. The van der Waals surface area contributed by atoms with Gasteiger partial charge in [0.2, 0.25) is 11.8 Å². The Balaban J connectivity index is 1.33. The largest absolute Gasteiger partial charge is 0.496 e. The van der Waals surface area contributed by atoms with Gasteiger partial charge in [-0.3, -0.25) is 9.59 Å². The molecule has 1 fully saturated rings. The molecule has 2 atom stereocenters. The van der Waals surface area contributed by atoms with Gasteiger partial charge in [0.05, 0.1) is 20.3 Å². The molecule has 0 saturated heterocycles. The van der Waals surface area contributed by atoms with Crippen LogP contribution in [-0.2, 0) is 27.3 Å². The monoisotopic (exact) mass is 539 g/mol. The Kier molecular flexibility index (Phi) is 8.81. The molecule has 1 aromatic heterocycles. The maximum atomic E-state index is 13.9. The Labute approximate surface area is 235 Å². The maximum absolute atomic E-state index is 13.9. The molecule has 1 aliphatic rings. The molecule has 0 aliphatic heterocycles. The molecular formula is C33H37N3O4. The van der Waals surface area contributed by atoms with E-state index in [0.717, 1.165) is 34.2 Å². The summed E-state index contributed by atoms with van der Waals surface area (Å²) in [6.45, 7) is 1.69. The summed E-state index contributed by atoms with van der Waals surface area (Å²) in [6, 6.07) is 26.1. The minimum absolute atomic E-state index is 0.0171. The predicted molar refractivity (Wildman–Crippen MR) is 156 cm³/mol. The molecule has 1 N–H and O–H groups in total. The third-order valence-electron chi connectivity index (χ3n) is 7.77. The number of methoxy groups -OCH3 is 2. The summed E-state index contributed by atoms with van der Waals surface area (Å²) in [6.07, 6.45) is 3.52. The Morgan fingerprint density at radius 1 is 0.875 bits per heavy atom. The zero-order valence-corrected chi connectivity index (χ0v) is 23.2. The molecule has 1 unspecified atom stereocenters. The number of carbonyl (C=O) groups is 2. The van der Waals surface area contributed by atoms with Crippen LogP contribution in [0.5, 0.6) is 5.75 Å². The predicted octanol–water partition coefficient (Wildman–Crippen LogP) is 5.03. The topological polar surface area (TPSA) is 74.9 Å². The summed E-state index contributed by atoms with van der Waals surface area (Å²) in [5.41, 5.74) is 4.34. The van der Waals surface area contributed by atoms with Crippen molar-refractivity contribution in [2.75, 3.05) is 40.5 Å². The van der Waals surface area contributed by atoms with Gasteiger partial charge >= 0.3 is 0 Å². The van der Waals surface area contributed by atoms with Crippen molar-refractivity contribution in [2.45, 2.75) is 25.3 Å². The summed E-state index contributed by atoms with van der Waals surface area (Å²) in [7, 11) is 3.25. The first kappa shape index (κ1) is 27.5. The fourth-order valence-corrected chi connectivity index (χ4v) is 5.43. The van der Waals surface area contributed by atoms with Crippen LogP contribution in [0.4, 0.5) is 0 Å². The van der Waals surface area contributed by atoms with E-state index in [0.29, 0.717) is 32.7 Å². The number of nitrogens with one attached hydrogen (secondary N) is 1. The average Bonchev–Trinajstić information content (AvgIpc) is 3.70. The van der Waals surface area contributed by atoms with Gasteiger partial charge in [0.15, 0.2) is 0 Å². The standard InChI is InChI=1S/C33H37N3O4/c1-39-19-18-36(33(38)29-20-28(29)24-10-4-3-5-11-24)23-32(37)35(22-26-12-6-9-15-31(26)40-2)17-16-25-21-34-30-14-8-7-13-27(25)30/h3-15,21,28-29,34H,16-20,22-23H2,1-2H3/t28-,29?/m0/s1. The lowest BCUT2D eigenvalue weighted by Crippen LogP contribution is -2.45. The zero-order chi connectivity index (χ0) is 27.9. The average molecular weight is 540 g/mol. The Hall–Kier alpha value is -4.10. The van der Waals surface area contributed by atoms with E-state index < -0.39 is 0 Å². The number of nitrogens with zero attached hydrogens (tertiary/aromatic N) is 2. The molecule has 0 spiro atoms.